The van der Waals surface area contributed by atoms with Crippen LogP contribution in [0.2, 0.25) is 5.02 Å². The molecule has 0 saturated heterocycles. The van der Waals surface area contributed by atoms with Gasteiger partial charge >= 0.3 is 0 Å². The van der Waals surface area contributed by atoms with Crippen LogP contribution in [0, 0.1) is 0 Å². The van der Waals surface area contributed by atoms with Crippen LogP contribution in [0.4, 0.5) is 5.69 Å². The summed E-state index contributed by atoms with van der Waals surface area (Å²) in [4.78, 5) is 11.7. The zero-order chi connectivity index (χ0) is 12.3. The van der Waals surface area contributed by atoms with Gasteiger partial charge in [-0.2, -0.15) is 0 Å². The molecule has 2 aromatic rings. The van der Waals surface area contributed by atoms with Gasteiger partial charge in [0.1, 0.15) is 0 Å². The minimum atomic E-state index is -0.400. The molecule has 0 aliphatic heterocycles. The minimum Gasteiger partial charge on any atom is -0.479 e. The summed E-state index contributed by atoms with van der Waals surface area (Å²) in [5.74, 6) is -0.0637. The van der Waals surface area contributed by atoms with Crippen LogP contribution in [0.5, 0.6) is 5.88 Å². The third-order valence-electron chi connectivity index (χ3n) is 2.02. The van der Waals surface area contributed by atoms with Gasteiger partial charge in [-0.25, -0.2) is 0 Å². The van der Waals surface area contributed by atoms with E-state index in [2.05, 4.69) is 10.5 Å². The number of methoxy groups -OCH3 is 1. The molecular weight excluding hydrogens is 244 g/mol. The number of rotatable bonds is 3. The molecule has 0 aliphatic rings. The molecule has 1 N–H and O–H groups in total. The van der Waals surface area contributed by atoms with E-state index in [1.807, 2.05) is 0 Å². The van der Waals surface area contributed by atoms with Crippen molar-refractivity contribution in [1.29, 1.82) is 0 Å². The van der Waals surface area contributed by atoms with E-state index < -0.39 is 5.91 Å². The summed E-state index contributed by atoms with van der Waals surface area (Å²) in [7, 11) is 1.44. The Morgan fingerprint density at radius 1 is 1.41 bits per heavy atom. The van der Waals surface area contributed by atoms with E-state index in [0.29, 0.717) is 10.7 Å². The third-order valence-corrected chi connectivity index (χ3v) is 2.28. The van der Waals surface area contributed by atoms with Crippen LogP contribution in [0.15, 0.2) is 34.9 Å². The van der Waals surface area contributed by atoms with E-state index in [1.165, 1.54) is 13.2 Å². The molecule has 1 aromatic carbocycles. The summed E-state index contributed by atoms with van der Waals surface area (Å²) < 4.78 is 9.61. The highest BCUT2D eigenvalue weighted by molar-refractivity contribution is 6.30. The zero-order valence-electron chi connectivity index (χ0n) is 8.94. The van der Waals surface area contributed by atoms with E-state index in [1.54, 1.807) is 24.3 Å². The SMILES string of the molecule is COc1cc(C(=O)Nc2ccc(Cl)cc2)on1. The van der Waals surface area contributed by atoms with E-state index in [0.717, 1.165) is 0 Å². The average Bonchev–Trinajstić information content (AvgIpc) is 2.81. The summed E-state index contributed by atoms with van der Waals surface area (Å²) in [5.41, 5.74) is 0.620. The molecule has 0 saturated carbocycles. The second-order valence-electron chi connectivity index (χ2n) is 3.19. The number of hydrogen-bond acceptors (Lipinski definition) is 4. The van der Waals surface area contributed by atoms with Gasteiger partial charge in [0.2, 0.25) is 5.76 Å². The van der Waals surface area contributed by atoms with Crippen molar-refractivity contribution in [1.82, 2.24) is 5.16 Å². The van der Waals surface area contributed by atoms with Crippen LogP contribution in [0.3, 0.4) is 0 Å². The first kappa shape index (κ1) is 11.5. The maximum Gasteiger partial charge on any atom is 0.294 e. The lowest BCUT2D eigenvalue weighted by molar-refractivity contribution is 0.0987. The molecule has 5 nitrogen and oxygen atoms in total. The highest BCUT2D eigenvalue weighted by Crippen LogP contribution is 2.16. The van der Waals surface area contributed by atoms with Crippen LogP contribution < -0.4 is 10.1 Å². The molecule has 0 atom stereocenters. The van der Waals surface area contributed by atoms with Crippen molar-refractivity contribution >= 4 is 23.2 Å². The van der Waals surface area contributed by atoms with E-state index >= 15 is 0 Å². The number of anilines is 1. The van der Waals surface area contributed by atoms with Crippen molar-refractivity contribution in [3.05, 3.63) is 41.1 Å². The Labute approximate surface area is 102 Å². The monoisotopic (exact) mass is 252 g/mol. The van der Waals surface area contributed by atoms with E-state index in [9.17, 15) is 4.79 Å². The number of carbonyl (C=O) groups excluding carboxylic acids is 1. The molecule has 17 heavy (non-hydrogen) atoms. The second-order valence-corrected chi connectivity index (χ2v) is 3.63. The first-order chi connectivity index (χ1) is 8.19. The van der Waals surface area contributed by atoms with Gasteiger partial charge in [0, 0.05) is 10.7 Å². The van der Waals surface area contributed by atoms with E-state index in [4.69, 9.17) is 20.9 Å². The summed E-state index contributed by atoms with van der Waals surface area (Å²) in [5, 5.41) is 6.77. The van der Waals surface area contributed by atoms with Gasteiger partial charge < -0.3 is 14.6 Å². The van der Waals surface area contributed by atoms with Gasteiger partial charge in [-0.15, -0.1) is 0 Å². The van der Waals surface area contributed by atoms with Crippen LogP contribution in [-0.2, 0) is 0 Å². The molecule has 0 aliphatic carbocycles. The van der Waals surface area contributed by atoms with Crippen molar-refractivity contribution < 1.29 is 14.1 Å². The van der Waals surface area contributed by atoms with Crippen LogP contribution >= 0.6 is 11.6 Å². The van der Waals surface area contributed by atoms with Crippen molar-refractivity contribution in [2.75, 3.05) is 12.4 Å². The first-order valence-corrected chi connectivity index (χ1v) is 5.14. The van der Waals surface area contributed by atoms with Gasteiger partial charge in [-0.3, -0.25) is 4.79 Å². The fourth-order valence-corrected chi connectivity index (χ4v) is 1.31. The van der Waals surface area contributed by atoms with Crippen molar-refractivity contribution in [3.8, 4) is 5.88 Å². The molecule has 0 unspecified atom stereocenters. The van der Waals surface area contributed by atoms with Crippen LogP contribution in [-0.4, -0.2) is 18.2 Å². The molecule has 6 heteroatoms. The third kappa shape index (κ3) is 2.76. The highest BCUT2D eigenvalue weighted by Gasteiger charge is 2.13. The molecule has 1 amide bonds. The Kier molecular flexibility index (Phi) is 3.30. The number of carbonyl (C=O) groups is 1. The number of aromatic nitrogens is 1. The Morgan fingerprint density at radius 2 is 2.12 bits per heavy atom. The number of hydrogen-bond donors (Lipinski definition) is 1. The van der Waals surface area contributed by atoms with Gasteiger partial charge in [0.25, 0.3) is 11.8 Å². The predicted molar refractivity (Wildman–Crippen MR) is 62.5 cm³/mol. The fraction of sp³-hybridized carbons (Fsp3) is 0.0909. The second kappa shape index (κ2) is 4.88. The topological polar surface area (TPSA) is 64.4 Å². The van der Waals surface area contributed by atoms with Gasteiger partial charge in [0.15, 0.2) is 0 Å². The number of ether oxygens (including phenoxy) is 1. The standard InChI is InChI=1S/C11H9ClN2O3/c1-16-10-6-9(17-14-10)11(15)13-8-4-2-7(12)3-5-8/h2-6H,1H3,(H,13,15). The molecule has 0 bridgehead atoms. The van der Waals surface area contributed by atoms with E-state index in [-0.39, 0.29) is 11.6 Å². The lowest BCUT2D eigenvalue weighted by Crippen LogP contribution is -2.10. The lowest BCUT2D eigenvalue weighted by atomic mass is 10.3. The normalized spacial score (nSPS) is 10.0. The number of amides is 1. The molecule has 88 valence electrons. The molecular formula is C11H9ClN2O3. The summed E-state index contributed by atoms with van der Waals surface area (Å²) in [6.45, 7) is 0. The fourth-order valence-electron chi connectivity index (χ4n) is 1.19. The van der Waals surface area contributed by atoms with Crippen molar-refractivity contribution in [2.45, 2.75) is 0 Å². The number of nitrogens with zero attached hydrogens (tertiary/aromatic N) is 1. The molecule has 1 aromatic heterocycles. The summed E-state index contributed by atoms with van der Waals surface area (Å²) in [6.07, 6.45) is 0. The molecule has 2 rings (SSSR count). The molecule has 0 radical (unpaired) electrons. The largest absolute Gasteiger partial charge is 0.479 e. The van der Waals surface area contributed by atoms with Crippen LogP contribution in [0.25, 0.3) is 0 Å². The number of halogens is 1. The van der Waals surface area contributed by atoms with Crippen molar-refractivity contribution in [2.24, 2.45) is 0 Å². The quantitative estimate of drug-likeness (QED) is 0.912. The molecule has 0 fully saturated rings. The maximum atomic E-state index is 11.7. The lowest BCUT2D eigenvalue weighted by Gasteiger charge is -2.01. The molecule has 1 heterocycles. The Bertz CT molecular complexity index is 522. The molecule has 0 spiro atoms. The Morgan fingerprint density at radius 3 is 2.71 bits per heavy atom. The summed E-state index contributed by atoms with van der Waals surface area (Å²) >= 11 is 5.73. The smallest absolute Gasteiger partial charge is 0.294 e. The Balaban J connectivity index is 2.08. The average molecular weight is 253 g/mol. The van der Waals surface area contributed by atoms with Gasteiger partial charge in [0.05, 0.1) is 13.2 Å². The maximum absolute atomic E-state index is 11.7. The van der Waals surface area contributed by atoms with Crippen LogP contribution in [0.1, 0.15) is 10.6 Å². The van der Waals surface area contributed by atoms with Gasteiger partial charge in [-0.1, -0.05) is 11.6 Å². The number of benzene rings is 1. The van der Waals surface area contributed by atoms with Gasteiger partial charge in [-0.05, 0) is 29.4 Å². The first-order valence-electron chi connectivity index (χ1n) is 4.76. The number of nitrogens with one attached hydrogen (secondary N) is 1. The van der Waals surface area contributed by atoms with Crippen molar-refractivity contribution in [3.63, 3.8) is 0 Å². The predicted octanol–water partition coefficient (Wildman–Crippen LogP) is 2.59. The highest BCUT2D eigenvalue weighted by atomic mass is 35.5. The minimum absolute atomic E-state index is 0.0804. The summed E-state index contributed by atoms with van der Waals surface area (Å²) in [6, 6.07) is 8.14. The zero-order valence-corrected chi connectivity index (χ0v) is 9.69. The Hall–Kier alpha value is -2.01.